The van der Waals surface area contributed by atoms with Gasteiger partial charge in [0.15, 0.2) is 0 Å². The van der Waals surface area contributed by atoms with Crippen LogP contribution in [0.3, 0.4) is 0 Å². The molecular formula is C29H44N2O2S. The summed E-state index contributed by atoms with van der Waals surface area (Å²) in [7, 11) is 0. The van der Waals surface area contributed by atoms with E-state index in [1.807, 2.05) is 11.0 Å². The van der Waals surface area contributed by atoms with Crippen LogP contribution in [-0.2, 0) is 16.2 Å². The van der Waals surface area contributed by atoms with E-state index < -0.39 is 0 Å². The lowest BCUT2D eigenvalue weighted by Crippen LogP contribution is -2.40. The number of carbonyl (C=O) groups excluding carboxylic acids is 1. The number of rotatable bonds is 11. The molecule has 1 aromatic rings. The van der Waals surface area contributed by atoms with Crippen molar-refractivity contribution in [2.45, 2.75) is 80.3 Å². The molecule has 188 valence electrons. The van der Waals surface area contributed by atoms with E-state index in [0.29, 0.717) is 25.5 Å². The molecule has 1 saturated heterocycles. The number of nitrogens with zero attached hydrogens (tertiary/aromatic N) is 1. The first-order valence-electron chi connectivity index (χ1n) is 12.4. The van der Waals surface area contributed by atoms with E-state index in [9.17, 15) is 4.79 Å². The number of thioether (sulfide) groups is 1. The minimum atomic E-state index is -0.0197. The van der Waals surface area contributed by atoms with Crippen molar-refractivity contribution in [1.82, 2.24) is 10.4 Å². The minimum absolute atomic E-state index is 0.0197. The Hall–Kier alpha value is -1.82. The summed E-state index contributed by atoms with van der Waals surface area (Å²) >= 11 is 1.80. The Bertz CT molecular complexity index is 876. The van der Waals surface area contributed by atoms with Crippen LogP contribution in [0.5, 0.6) is 0 Å². The lowest BCUT2D eigenvalue weighted by molar-refractivity contribution is -0.135. The molecule has 0 saturated carbocycles. The molecule has 0 bridgehead atoms. The molecule has 34 heavy (non-hydrogen) atoms. The van der Waals surface area contributed by atoms with Gasteiger partial charge in [-0.15, -0.1) is 6.58 Å². The van der Waals surface area contributed by atoms with Gasteiger partial charge in [0.1, 0.15) is 0 Å². The molecule has 0 radical (unpaired) electrons. The van der Waals surface area contributed by atoms with Crippen molar-refractivity contribution in [1.29, 1.82) is 0 Å². The highest BCUT2D eigenvalue weighted by molar-refractivity contribution is 8.11. The Labute approximate surface area is 211 Å². The molecule has 1 aliphatic heterocycles. The quantitative estimate of drug-likeness (QED) is 0.203. The van der Waals surface area contributed by atoms with E-state index >= 15 is 0 Å². The number of nitrogens with one attached hydrogen (secondary N) is 1. The SMILES string of the molecule is C=CC1CC(CONCc2ccc(C(S/C=C(\C)CC)=C(C)C)cc2)N(C(=O)CC(C)(C)C)C1. The standard InChI is InChI=1S/C29H44N2O2S/c1-9-22(5)20-34-28(21(3)4)25-13-11-24(12-14-25)17-30-33-19-26-15-23(10-2)18-31(26)27(32)16-29(6,7)8/h10-14,20,23,26,30H,2,9,15-19H2,1,3-8H3/b22-20+. The third-order valence-corrected chi connectivity index (χ3v) is 7.44. The van der Waals surface area contributed by atoms with Crippen molar-refractivity contribution < 1.29 is 9.63 Å². The predicted molar refractivity (Wildman–Crippen MR) is 147 cm³/mol. The molecule has 2 rings (SSSR count). The van der Waals surface area contributed by atoms with Gasteiger partial charge in [0.2, 0.25) is 5.91 Å². The molecule has 1 N–H and O–H groups in total. The van der Waals surface area contributed by atoms with Crippen molar-refractivity contribution in [3.05, 3.63) is 64.6 Å². The number of allylic oxidation sites excluding steroid dienone is 2. The van der Waals surface area contributed by atoms with Crippen molar-refractivity contribution in [2.75, 3.05) is 13.2 Å². The fourth-order valence-electron chi connectivity index (χ4n) is 3.92. The molecule has 5 heteroatoms. The van der Waals surface area contributed by atoms with Crippen LogP contribution in [0.25, 0.3) is 4.91 Å². The first kappa shape index (κ1) is 28.4. The summed E-state index contributed by atoms with van der Waals surface area (Å²) in [4.78, 5) is 21.9. The predicted octanol–water partition coefficient (Wildman–Crippen LogP) is 7.35. The van der Waals surface area contributed by atoms with Crippen LogP contribution in [0.15, 0.2) is 53.5 Å². The van der Waals surface area contributed by atoms with Crippen LogP contribution in [-0.4, -0.2) is 30.0 Å². The number of amides is 1. The van der Waals surface area contributed by atoms with Crippen molar-refractivity contribution in [2.24, 2.45) is 11.3 Å². The van der Waals surface area contributed by atoms with Crippen molar-refractivity contribution in [3.63, 3.8) is 0 Å². The molecule has 0 aliphatic carbocycles. The van der Waals surface area contributed by atoms with Crippen LogP contribution in [0.2, 0.25) is 0 Å². The number of hydrogen-bond acceptors (Lipinski definition) is 4. The van der Waals surface area contributed by atoms with Crippen LogP contribution in [0, 0.1) is 11.3 Å². The maximum atomic E-state index is 12.8. The first-order chi connectivity index (χ1) is 16.0. The summed E-state index contributed by atoms with van der Waals surface area (Å²) in [6.45, 7) is 20.8. The summed E-state index contributed by atoms with van der Waals surface area (Å²) in [5.74, 6) is 0.543. The number of carbonyl (C=O) groups is 1. The average Bonchev–Trinajstić information content (AvgIpc) is 3.19. The summed E-state index contributed by atoms with van der Waals surface area (Å²) in [5.41, 5.74) is 8.19. The Balaban J connectivity index is 1.89. The van der Waals surface area contributed by atoms with E-state index in [0.717, 1.165) is 24.9 Å². The Kier molecular flexibility index (Phi) is 11.1. The maximum absolute atomic E-state index is 12.8. The largest absolute Gasteiger partial charge is 0.337 e. The summed E-state index contributed by atoms with van der Waals surface area (Å²) < 4.78 is 0. The van der Waals surface area contributed by atoms with E-state index in [1.165, 1.54) is 21.6 Å². The van der Waals surface area contributed by atoms with Gasteiger partial charge >= 0.3 is 0 Å². The Morgan fingerprint density at radius 3 is 2.47 bits per heavy atom. The highest BCUT2D eigenvalue weighted by atomic mass is 32.2. The summed E-state index contributed by atoms with van der Waals surface area (Å²) in [5, 5.41) is 2.25. The second-order valence-corrected chi connectivity index (χ2v) is 11.6. The van der Waals surface area contributed by atoms with Crippen LogP contribution in [0.4, 0.5) is 0 Å². The van der Waals surface area contributed by atoms with Crippen LogP contribution >= 0.6 is 11.8 Å². The molecular weight excluding hydrogens is 440 g/mol. The lowest BCUT2D eigenvalue weighted by Gasteiger charge is -2.28. The molecule has 2 atom stereocenters. The van der Waals surface area contributed by atoms with Gasteiger partial charge in [-0.25, -0.2) is 0 Å². The average molecular weight is 485 g/mol. The number of likely N-dealkylation sites (tertiary alicyclic amines) is 1. The van der Waals surface area contributed by atoms with Gasteiger partial charge in [0, 0.05) is 24.4 Å². The monoisotopic (exact) mass is 484 g/mol. The van der Waals surface area contributed by atoms with Gasteiger partial charge in [-0.1, -0.05) is 80.9 Å². The zero-order chi connectivity index (χ0) is 25.3. The molecule has 1 amide bonds. The zero-order valence-electron chi connectivity index (χ0n) is 22.2. The van der Waals surface area contributed by atoms with Gasteiger partial charge in [-0.05, 0) is 61.5 Å². The molecule has 0 aromatic heterocycles. The fraction of sp³-hybridized carbons (Fsp3) is 0.552. The van der Waals surface area contributed by atoms with Gasteiger partial charge < -0.3 is 4.90 Å². The van der Waals surface area contributed by atoms with E-state index in [1.54, 1.807) is 11.8 Å². The second kappa shape index (κ2) is 13.3. The number of hydroxylamine groups is 1. The fourth-order valence-corrected chi connectivity index (χ4v) is 4.92. The molecule has 0 spiro atoms. The lowest BCUT2D eigenvalue weighted by atomic mass is 9.91. The van der Waals surface area contributed by atoms with Crippen molar-refractivity contribution in [3.8, 4) is 0 Å². The van der Waals surface area contributed by atoms with Gasteiger partial charge in [0.25, 0.3) is 0 Å². The molecule has 4 nitrogen and oxygen atoms in total. The van der Waals surface area contributed by atoms with Gasteiger partial charge in [0.05, 0.1) is 12.6 Å². The first-order valence-corrected chi connectivity index (χ1v) is 13.3. The van der Waals surface area contributed by atoms with Crippen molar-refractivity contribution >= 4 is 22.6 Å². The van der Waals surface area contributed by atoms with Crippen LogP contribution < -0.4 is 5.48 Å². The third kappa shape index (κ3) is 9.09. The maximum Gasteiger partial charge on any atom is 0.223 e. The Morgan fingerprint density at radius 2 is 1.91 bits per heavy atom. The molecule has 2 unspecified atom stereocenters. The number of benzene rings is 1. The molecule has 1 heterocycles. The minimum Gasteiger partial charge on any atom is -0.337 e. The highest BCUT2D eigenvalue weighted by Crippen LogP contribution is 2.33. The zero-order valence-corrected chi connectivity index (χ0v) is 23.1. The summed E-state index contributed by atoms with van der Waals surface area (Å²) in [6.07, 6.45) is 4.49. The second-order valence-electron chi connectivity index (χ2n) is 10.8. The molecule has 1 fully saturated rings. The Morgan fingerprint density at radius 1 is 1.24 bits per heavy atom. The van der Waals surface area contributed by atoms with Crippen LogP contribution in [0.1, 0.15) is 78.9 Å². The highest BCUT2D eigenvalue weighted by Gasteiger charge is 2.35. The van der Waals surface area contributed by atoms with E-state index in [2.05, 4.69) is 90.2 Å². The third-order valence-electron chi connectivity index (χ3n) is 6.04. The number of hydrogen-bond donors (Lipinski definition) is 1. The van der Waals surface area contributed by atoms with E-state index in [4.69, 9.17) is 4.84 Å². The molecule has 1 aromatic carbocycles. The topological polar surface area (TPSA) is 41.6 Å². The van der Waals surface area contributed by atoms with Gasteiger partial charge in [-0.2, -0.15) is 5.48 Å². The summed E-state index contributed by atoms with van der Waals surface area (Å²) in [6, 6.07) is 8.74. The van der Waals surface area contributed by atoms with Gasteiger partial charge in [-0.3, -0.25) is 9.63 Å². The normalized spacial score (nSPS) is 18.8. The molecule has 1 aliphatic rings. The smallest absolute Gasteiger partial charge is 0.223 e. The van der Waals surface area contributed by atoms with E-state index in [-0.39, 0.29) is 17.4 Å².